The summed E-state index contributed by atoms with van der Waals surface area (Å²) < 4.78 is 14.1. The Kier molecular flexibility index (Phi) is 8.02. The molecule has 0 spiro atoms. The molecule has 3 rings (SSSR count). The Morgan fingerprint density at radius 2 is 2.09 bits per heavy atom. The molecule has 0 aliphatic carbocycles. The fourth-order valence-corrected chi connectivity index (χ4v) is 2.63. The molecule has 0 amide bonds. The molecule has 2 heterocycles. The first-order chi connectivity index (χ1) is 10.3. The van der Waals surface area contributed by atoms with Crippen molar-refractivity contribution in [3.63, 3.8) is 0 Å². The minimum absolute atomic E-state index is 0. The molecule has 2 unspecified atom stereocenters. The van der Waals surface area contributed by atoms with E-state index < -0.39 is 5.79 Å². The number of aromatic nitrogens is 2. The summed E-state index contributed by atoms with van der Waals surface area (Å²) in [7, 11) is 1.89. The number of benzene rings is 1. The van der Waals surface area contributed by atoms with Crippen LogP contribution in [0, 0.1) is 0 Å². The van der Waals surface area contributed by atoms with Gasteiger partial charge >= 0.3 is 0 Å². The number of halogens is 2. The molecule has 0 bridgehead atoms. The van der Waals surface area contributed by atoms with Crippen LogP contribution in [0.4, 0.5) is 0 Å². The maximum atomic E-state index is 6.11. The van der Waals surface area contributed by atoms with Crippen molar-refractivity contribution in [2.45, 2.75) is 31.4 Å². The summed E-state index contributed by atoms with van der Waals surface area (Å²) in [5, 5.41) is 3.12. The summed E-state index contributed by atoms with van der Waals surface area (Å²) in [5.41, 5.74) is 1.29. The van der Waals surface area contributed by atoms with Gasteiger partial charge in [0.2, 0.25) is 0 Å². The van der Waals surface area contributed by atoms with Gasteiger partial charge in [0.15, 0.2) is 5.79 Å². The summed E-state index contributed by atoms with van der Waals surface area (Å²) in [6.45, 7) is 1.22. The van der Waals surface area contributed by atoms with Crippen LogP contribution in [0.25, 0.3) is 0 Å². The molecule has 2 atom stereocenters. The van der Waals surface area contributed by atoms with Gasteiger partial charge in [-0.3, -0.25) is 5.32 Å². The van der Waals surface area contributed by atoms with Crippen molar-refractivity contribution in [3.05, 3.63) is 54.6 Å². The van der Waals surface area contributed by atoms with Crippen LogP contribution in [0.1, 0.15) is 12.0 Å². The van der Waals surface area contributed by atoms with Crippen molar-refractivity contribution in [1.82, 2.24) is 14.9 Å². The first kappa shape index (κ1) is 19.9. The standard InChI is InChI=1S/C16H21N3O2.2ClH/c1-17-15-11-20-16(21-15,12-19-10-9-18-13-19)8-7-14-5-3-2-4-6-14;;/h2-6,9-10,13,15,17H,7-8,11-12H2,1H3;2*1H. The molecule has 0 radical (unpaired) electrons. The smallest absolute Gasteiger partial charge is 0.188 e. The van der Waals surface area contributed by atoms with Gasteiger partial charge in [-0.15, -0.1) is 24.8 Å². The molecule has 1 saturated heterocycles. The molecular weight excluding hydrogens is 337 g/mol. The van der Waals surface area contributed by atoms with Crippen molar-refractivity contribution in [2.75, 3.05) is 13.7 Å². The van der Waals surface area contributed by atoms with E-state index in [1.165, 1.54) is 5.56 Å². The Balaban J connectivity index is 0.00000132. The van der Waals surface area contributed by atoms with E-state index in [9.17, 15) is 0 Å². The number of nitrogens with zero attached hydrogens (tertiary/aromatic N) is 2. The molecule has 0 saturated carbocycles. The van der Waals surface area contributed by atoms with Gasteiger partial charge in [-0.25, -0.2) is 4.98 Å². The zero-order valence-electron chi connectivity index (χ0n) is 13.1. The first-order valence-electron chi connectivity index (χ1n) is 7.28. The Bertz CT molecular complexity index is 554. The highest BCUT2D eigenvalue weighted by atomic mass is 35.5. The van der Waals surface area contributed by atoms with E-state index in [2.05, 4.69) is 34.6 Å². The maximum absolute atomic E-state index is 6.11. The first-order valence-corrected chi connectivity index (χ1v) is 7.28. The van der Waals surface area contributed by atoms with Crippen LogP contribution in [0.5, 0.6) is 0 Å². The van der Waals surface area contributed by atoms with E-state index in [1.807, 2.05) is 23.9 Å². The van der Waals surface area contributed by atoms with E-state index in [0.29, 0.717) is 13.2 Å². The lowest BCUT2D eigenvalue weighted by atomic mass is 10.0. The van der Waals surface area contributed by atoms with Crippen molar-refractivity contribution < 1.29 is 9.47 Å². The minimum Gasteiger partial charge on any atom is -0.344 e. The zero-order valence-corrected chi connectivity index (χ0v) is 14.7. The van der Waals surface area contributed by atoms with Crippen LogP contribution in [0.15, 0.2) is 49.1 Å². The zero-order chi connectivity index (χ0) is 14.5. The van der Waals surface area contributed by atoms with E-state index in [1.54, 1.807) is 12.5 Å². The Morgan fingerprint density at radius 1 is 1.30 bits per heavy atom. The van der Waals surface area contributed by atoms with Crippen LogP contribution in [-0.2, 0) is 22.4 Å². The molecule has 1 aliphatic heterocycles. The summed E-state index contributed by atoms with van der Waals surface area (Å²) in [4.78, 5) is 4.09. The molecule has 23 heavy (non-hydrogen) atoms. The fraction of sp³-hybridized carbons (Fsp3) is 0.438. The fourth-order valence-electron chi connectivity index (χ4n) is 2.63. The second kappa shape index (κ2) is 9.25. The molecular formula is C16H23Cl2N3O2. The van der Waals surface area contributed by atoms with Gasteiger partial charge in [-0.05, 0) is 19.0 Å². The molecule has 2 aromatic rings. The molecule has 1 aromatic carbocycles. The Hall–Kier alpha value is -1.11. The lowest BCUT2D eigenvalue weighted by Gasteiger charge is -2.28. The molecule has 128 valence electrons. The van der Waals surface area contributed by atoms with Crippen LogP contribution in [0.3, 0.4) is 0 Å². The quantitative estimate of drug-likeness (QED) is 0.861. The lowest BCUT2D eigenvalue weighted by molar-refractivity contribution is -0.184. The topological polar surface area (TPSA) is 48.3 Å². The highest BCUT2D eigenvalue weighted by Crippen LogP contribution is 2.29. The van der Waals surface area contributed by atoms with E-state index >= 15 is 0 Å². The van der Waals surface area contributed by atoms with Gasteiger partial charge in [0.05, 0.1) is 19.5 Å². The number of hydrogen-bond donors (Lipinski definition) is 1. The molecule has 5 nitrogen and oxygen atoms in total. The molecule has 1 N–H and O–H groups in total. The minimum atomic E-state index is -0.593. The van der Waals surface area contributed by atoms with Gasteiger partial charge in [0.1, 0.15) is 6.23 Å². The van der Waals surface area contributed by atoms with Crippen molar-refractivity contribution >= 4 is 24.8 Å². The maximum Gasteiger partial charge on any atom is 0.188 e. The lowest BCUT2D eigenvalue weighted by Crippen LogP contribution is -2.38. The number of aryl methyl sites for hydroxylation is 1. The van der Waals surface area contributed by atoms with E-state index in [-0.39, 0.29) is 31.0 Å². The number of nitrogens with one attached hydrogen (secondary N) is 1. The second-order valence-corrected chi connectivity index (χ2v) is 5.34. The van der Waals surface area contributed by atoms with E-state index in [0.717, 1.165) is 12.8 Å². The van der Waals surface area contributed by atoms with Gasteiger partial charge in [-0.1, -0.05) is 30.3 Å². The molecule has 1 aliphatic rings. The largest absolute Gasteiger partial charge is 0.344 e. The average molecular weight is 360 g/mol. The number of hydrogen-bond acceptors (Lipinski definition) is 4. The average Bonchev–Trinajstić information content (AvgIpc) is 3.17. The monoisotopic (exact) mass is 359 g/mol. The predicted molar refractivity (Wildman–Crippen MR) is 94.1 cm³/mol. The summed E-state index contributed by atoms with van der Waals surface area (Å²) in [6, 6.07) is 10.4. The van der Waals surface area contributed by atoms with Gasteiger partial charge in [0, 0.05) is 18.8 Å². The summed E-state index contributed by atoms with van der Waals surface area (Å²) >= 11 is 0. The normalized spacial score (nSPS) is 23.1. The number of rotatable bonds is 6. The van der Waals surface area contributed by atoms with Crippen LogP contribution in [0.2, 0.25) is 0 Å². The van der Waals surface area contributed by atoms with Crippen molar-refractivity contribution in [2.24, 2.45) is 0 Å². The predicted octanol–water partition coefficient (Wildman–Crippen LogP) is 2.65. The number of imidazole rings is 1. The Labute approximate surface area is 149 Å². The number of likely N-dealkylation sites (N-methyl/N-ethyl adjacent to an activating group) is 1. The molecule has 1 aromatic heterocycles. The number of ether oxygens (including phenoxy) is 2. The third-order valence-electron chi connectivity index (χ3n) is 3.80. The highest BCUT2D eigenvalue weighted by molar-refractivity contribution is 5.85. The SMILES string of the molecule is CNC1COC(CCc2ccccc2)(Cn2ccnc2)O1.Cl.Cl. The third kappa shape index (κ3) is 5.19. The molecule has 1 fully saturated rings. The second-order valence-electron chi connectivity index (χ2n) is 5.34. The van der Waals surface area contributed by atoms with Crippen molar-refractivity contribution in [1.29, 1.82) is 0 Å². The summed E-state index contributed by atoms with van der Waals surface area (Å²) in [5.74, 6) is -0.593. The van der Waals surface area contributed by atoms with Gasteiger partial charge in [-0.2, -0.15) is 0 Å². The summed E-state index contributed by atoms with van der Waals surface area (Å²) in [6.07, 6.45) is 7.19. The van der Waals surface area contributed by atoms with Crippen molar-refractivity contribution in [3.8, 4) is 0 Å². The van der Waals surface area contributed by atoms with Crippen LogP contribution >= 0.6 is 24.8 Å². The van der Waals surface area contributed by atoms with Gasteiger partial charge < -0.3 is 14.0 Å². The van der Waals surface area contributed by atoms with Crippen LogP contribution < -0.4 is 5.32 Å². The highest BCUT2D eigenvalue weighted by Gasteiger charge is 2.41. The van der Waals surface area contributed by atoms with Gasteiger partial charge in [0.25, 0.3) is 0 Å². The third-order valence-corrected chi connectivity index (χ3v) is 3.80. The van der Waals surface area contributed by atoms with E-state index in [4.69, 9.17) is 9.47 Å². The Morgan fingerprint density at radius 3 is 2.70 bits per heavy atom. The van der Waals surface area contributed by atoms with Crippen LogP contribution in [-0.4, -0.2) is 35.2 Å². The molecule has 7 heteroatoms.